The summed E-state index contributed by atoms with van der Waals surface area (Å²) in [6, 6.07) is 3.43. The van der Waals surface area contributed by atoms with Gasteiger partial charge in [-0.3, -0.25) is 9.20 Å². The van der Waals surface area contributed by atoms with E-state index in [1.54, 1.807) is 18.3 Å². The molecule has 0 unspecified atom stereocenters. The first kappa shape index (κ1) is 21.7. The lowest BCUT2D eigenvalue weighted by atomic mass is 9.98. The van der Waals surface area contributed by atoms with Gasteiger partial charge in [0.05, 0.1) is 19.2 Å². The Morgan fingerprint density at radius 2 is 2.03 bits per heavy atom. The topological polar surface area (TPSA) is 84.2 Å². The second-order valence-electron chi connectivity index (χ2n) is 7.05. The number of carbonyl (C=O) groups is 1. The molecular formula is C20H17F5N6O. The zero-order valence-electron chi connectivity index (χ0n) is 16.5. The van der Waals surface area contributed by atoms with E-state index in [9.17, 15) is 26.7 Å². The predicted octanol–water partition coefficient (Wildman–Crippen LogP) is 3.47. The normalized spacial score (nSPS) is 13.6. The molecule has 32 heavy (non-hydrogen) atoms. The Balaban J connectivity index is 1.63. The molecule has 7 nitrogen and oxygen atoms in total. The van der Waals surface area contributed by atoms with Crippen LogP contribution in [-0.4, -0.2) is 51.0 Å². The standard InChI is InChI=1S/C20H17F5N6O/c21-15(22)9-29-19(32)14-8-28-17-2-1-11(10-31(14)17)12-4-6-26-18-13(12)7-27-16(30-18)3-5-20(23,24)25/h1-2,4,7-8,10,15H,3,5-6,9H2,(H,29,32)(H,26,27,30). The number of carbonyl (C=O) groups excluding carboxylic acids is 1. The average molecular weight is 452 g/mol. The number of aromatic nitrogens is 4. The minimum Gasteiger partial charge on any atom is -0.366 e. The van der Waals surface area contributed by atoms with Crippen LogP contribution in [0.25, 0.3) is 11.2 Å². The summed E-state index contributed by atoms with van der Waals surface area (Å²) in [7, 11) is 0. The van der Waals surface area contributed by atoms with Gasteiger partial charge < -0.3 is 10.6 Å². The number of rotatable bonds is 6. The molecule has 4 heterocycles. The van der Waals surface area contributed by atoms with Gasteiger partial charge in [0.2, 0.25) is 0 Å². The van der Waals surface area contributed by atoms with Crippen LogP contribution in [0.3, 0.4) is 0 Å². The Hall–Kier alpha value is -3.57. The number of nitrogens with one attached hydrogen (secondary N) is 2. The van der Waals surface area contributed by atoms with E-state index in [1.165, 1.54) is 16.8 Å². The molecule has 0 bridgehead atoms. The molecule has 3 aromatic rings. The highest BCUT2D eigenvalue weighted by atomic mass is 19.4. The minimum atomic E-state index is -4.29. The molecule has 0 spiro atoms. The largest absolute Gasteiger partial charge is 0.389 e. The molecular weight excluding hydrogens is 435 g/mol. The van der Waals surface area contributed by atoms with Crippen LogP contribution >= 0.6 is 0 Å². The lowest BCUT2D eigenvalue weighted by molar-refractivity contribution is -0.134. The number of hydrogen-bond acceptors (Lipinski definition) is 5. The number of pyridine rings is 1. The average Bonchev–Trinajstić information content (AvgIpc) is 3.18. The van der Waals surface area contributed by atoms with Crippen molar-refractivity contribution in [3.05, 3.63) is 59.4 Å². The maximum Gasteiger partial charge on any atom is 0.389 e. The molecule has 3 aromatic heterocycles. The van der Waals surface area contributed by atoms with E-state index in [0.29, 0.717) is 29.1 Å². The van der Waals surface area contributed by atoms with Gasteiger partial charge in [-0.25, -0.2) is 23.7 Å². The molecule has 12 heteroatoms. The fourth-order valence-corrected chi connectivity index (χ4v) is 3.33. The van der Waals surface area contributed by atoms with Crippen LogP contribution in [0.2, 0.25) is 0 Å². The Labute approximate surface area is 178 Å². The molecule has 0 aliphatic carbocycles. The second kappa shape index (κ2) is 8.52. The van der Waals surface area contributed by atoms with Crippen LogP contribution in [0, 0.1) is 0 Å². The van der Waals surface area contributed by atoms with E-state index >= 15 is 0 Å². The van der Waals surface area contributed by atoms with Gasteiger partial charge in [0, 0.05) is 30.9 Å². The van der Waals surface area contributed by atoms with Crippen molar-refractivity contribution < 1.29 is 26.7 Å². The first-order valence-corrected chi connectivity index (χ1v) is 9.62. The van der Waals surface area contributed by atoms with Crippen molar-refractivity contribution in [3.8, 4) is 0 Å². The highest BCUT2D eigenvalue weighted by Crippen LogP contribution is 2.31. The van der Waals surface area contributed by atoms with Gasteiger partial charge in [0.1, 0.15) is 23.0 Å². The number of amides is 1. The highest BCUT2D eigenvalue weighted by Gasteiger charge is 2.27. The Morgan fingerprint density at radius 3 is 2.78 bits per heavy atom. The summed E-state index contributed by atoms with van der Waals surface area (Å²) in [6.07, 6.45) is -2.06. The maximum atomic E-state index is 12.5. The van der Waals surface area contributed by atoms with Crippen LogP contribution in [0.15, 0.2) is 36.8 Å². The van der Waals surface area contributed by atoms with Crippen molar-refractivity contribution in [1.82, 2.24) is 24.7 Å². The van der Waals surface area contributed by atoms with Gasteiger partial charge in [-0.1, -0.05) is 6.08 Å². The Kier molecular flexibility index (Phi) is 5.76. The molecule has 1 amide bonds. The number of halogens is 5. The summed E-state index contributed by atoms with van der Waals surface area (Å²) >= 11 is 0. The van der Waals surface area contributed by atoms with Gasteiger partial charge in [0.15, 0.2) is 0 Å². The van der Waals surface area contributed by atoms with Crippen LogP contribution in [0.1, 0.15) is 33.9 Å². The smallest absolute Gasteiger partial charge is 0.366 e. The lowest BCUT2D eigenvalue weighted by Gasteiger charge is -2.19. The zero-order chi connectivity index (χ0) is 22.9. The SMILES string of the molecule is O=C(NCC(F)F)c1cnc2ccc(C3=CCNc4nc(CCC(F)(F)F)ncc43)cn12. The second-order valence-corrected chi connectivity index (χ2v) is 7.05. The van der Waals surface area contributed by atoms with Gasteiger partial charge in [-0.2, -0.15) is 13.2 Å². The first-order chi connectivity index (χ1) is 15.2. The number of fused-ring (bicyclic) bond motifs is 2. The number of imidazole rings is 1. The summed E-state index contributed by atoms with van der Waals surface area (Å²) in [6.45, 7) is -0.383. The monoisotopic (exact) mass is 452 g/mol. The quantitative estimate of drug-likeness (QED) is 0.560. The molecule has 0 radical (unpaired) electrons. The molecule has 0 saturated carbocycles. The fraction of sp³-hybridized carbons (Fsp3) is 0.300. The molecule has 1 aliphatic heterocycles. The van der Waals surface area contributed by atoms with Gasteiger partial charge in [-0.05, 0) is 23.3 Å². The van der Waals surface area contributed by atoms with Crippen LogP contribution in [0.5, 0.6) is 0 Å². The zero-order valence-corrected chi connectivity index (χ0v) is 16.5. The van der Waals surface area contributed by atoms with Crippen molar-refractivity contribution >= 4 is 22.9 Å². The molecule has 1 aliphatic rings. The van der Waals surface area contributed by atoms with Crippen molar-refractivity contribution in [2.75, 3.05) is 18.4 Å². The lowest BCUT2D eigenvalue weighted by Crippen LogP contribution is -2.29. The number of nitrogens with zero attached hydrogens (tertiary/aromatic N) is 4. The molecule has 0 saturated heterocycles. The highest BCUT2D eigenvalue weighted by molar-refractivity contribution is 5.93. The van der Waals surface area contributed by atoms with Gasteiger partial charge in [0.25, 0.3) is 12.3 Å². The third kappa shape index (κ3) is 4.68. The third-order valence-corrected chi connectivity index (χ3v) is 4.80. The molecule has 0 atom stereocenters. The minimum absolute atomic E-state index is 0.0814. The van der Waals surface area contributed by atoms with E-state index < -0.39 is 31.5 Å². The summed E-state index contributed by atoms with van der Waals surface area (Å²) in [4.78, 5) is 24.6. The van der Waals surface area contributed by atoms with E-state index in [0.717, 1.165) is 5.57 Å². The van der Waals surface area contributed by atoms with E-state index in [2.05, 4.69) is 25.6 Å². The maximum absolute atomic E-state index is 12.5. The number of aryl methyl sites for hydroxylation is 1. The number of hydrogen-bond donors (Lipinski definition) is 2. The summed E-state index contributed by atoms with van der Waals surface area (Å²) in [5.74, 6) is -0.194. The molecule has 0 aromatic carbocycles. The van der Waals surface area contributed by atoms with E-state index in [1.807, 2.05) is 6.08 Å². The fourth-order valence-electron chi connectivity index (χ4n) is 3.33. The van der Waals surface area contributed by atoms with Crippen molar-refractivity contribution in [3.63, 3.8) is 0 Å². The van der Waals surface area contributed by atoms with E-state index in [4.69, 9.17) is 0 Å². The van der Waals surface area contributed by atoms with Crippen molar-refractivity contribution in [2.45, 2.75) is 25.4 Å². The van der Waals surface area contributed by atoms with E-state index in [-0.39, 0.29) is 17.9 Å². The molecule has 0 fully saturated rings. The number of anilines is 1. The summed E-state index contributed by atoms with van der Waals surface area (Å²) < 4.78 is 63.8. The van der Waals surface area contributed by atoms with Crippen LogP contribution in [-0.2, 0) is 6.42 Å². The molecule has 4 rings (SSSR count). The Morgan fingerprint density at radius 1 is 1.22 bits per heavy atom. The molecule has 168 valence electrons. The summed E-state index contributed by atoms with van der Waals surface area (Å²) in [5, 5.41) is 5.17. The third-order valence-electron chi connectivity index (χ3n) is 4.80. The summed E-state index contributed by atoms with van der Waals surface area (Å²) in [5.41, 5.74) is 2.53. The van der Waals surface area contributed by atoms with Gasteiger partial charge >= 0.3 is 6.18 Å². The van der Waals surface area contributed by atoms with Gasteiger partial charge in [-0.15, -0.1) is 0 Å². The predicted molar refractivity (Wildman–Crippen MR) is 106 cm³/mol. The van der Waals surface area contributed by atoms with Crippen LogP contribution in [0.4, 0.5) is 27.8 Å². The van der Waals surface area contributed by atoms with Crippen LogP contribution < -0.4 is 10.6 Å². The molecule has 2 N–H and O–H groups in total. The Bertz CT molecular complexity index is 1190. The van der Waals surface area contributed by atoms with Crippen molar-refractivity contribution in [2.24, 2.45) is 0 Å². The van der Waals surface area contributed by atoms with Crippen molar-refractivity contribution in [1.29, 1.82) is 0 Å². The number of alkyl halides is 5. The first-order valence-electron chi connectivity index (χ1n) is 9.62.